The van der Waals surface area contributed by atoms with Crippen LogP contribution in [-0.2, 0) is 9.53 Å². The van der Waals surface area contributed by atoms with Gasteiger partial charge in [0, 0.05) is 4.47 Å². The number of benzene rings is 2. The Morgan fingerprint density at radius 2 is 1.88 bits per heavy atom. The first-order chi connectivity index (χ1) is 11.8. The summed E-state index contributed by atoms with van der Waals surface area (Å²) in [5.74, 6) is -2.03. The summed E-state index contributed by atoms with van der Waals surface area (Å²) in [4.78, 5) is 23.8. The molecule has 0 fully saturated rings. The van der Waals surface area contributed by atoms with Crippen LogP contribution in [0.5, 0.6) is 0 Å². The van der Waals surface area contributed by atoms with Crippen molar-refractivity contribution in [3.8, 4) is 0 Å². The lowest BCUT2D eigenvalue weighted by molar-refractivity contribution is -0.124. The first-order valence-electron chi connectivity index (χ1n) is 7.76. The van der Waals surface area contributed by atoms with Crippen LogP contribution in [0.4, 0.5) is 4.39 Å². The molecule has 1 N–H and O–H groups in total. The number of carbonyl (C=O) groups excluding carboxylic acids is 2. The van der Waals surface area contributed by atoms with E-state index in [1.165, 1.54) is 23.8 Å². The molecule has 0 bridgehead atoms. The number of amides is 1. The van der Waals surface area contributed by atoms with E-state index in [1.807, 2.05) is 39.0 Å². The topological polar surface area (TPSA) is 55.4 Å². The highest BCUT2D eigenvalue weighted by atomic mass is 79.9. The Kier molecular flexibility index (Phi) is 6.31. The van der Waals surface area contributed by atoms with E-state index < -0.39 is 24.3 Å². The molecular formula is C19H19BrFNO3. The van der Waals surface area contributed by atoms with Crippen molar-refractivity contribution >= 4 is 27.8 Å². The standard InChI is InChI=1S/C19H19BrFNO3/c1-11-4-5-14(8-12(11)2)13(3)22-18(23)10-25-19(24)16-7-6-15(20)9-17(16)21/h4-9,13H,10H2,1-3H3,(H,22,23)/t13-/m1/s1. The largest absolute Gasteiger partial charge is 0.452 e. The molecule has 25 heavy (non-hydrogen) atoms. The van der Waals surface area contributed by atoms with Crippen molar-refractivity contribution < 1.29 is 18.7 Å². The monoisotopic (exact) mass is 407 g/mol. The van der Waals surface area contributed by atoms with E-state index in [-0.39, 0.29) is 11.6 Å². The maximum Gasteiger partial charge on any atom is 0.341 e. The fraction of sp³-hybridized carbons (Fsp3) is 0.263. The number of carbonyl (C=O) groups is 2. The highest BCUT2D eigenvalue weighted by Crippen LogP contribution is 2.17. The van der Waals surface area contributed by atoms with Crippen molar-refractivity contribution in [3.63, 3.8) is 0 Å². The third-order valence-corrected chi connectivity index (χ3v) is 4.39. The fourth-order valence-corrected chi connectivity index (χ4v) is 2.60. The lowest BCUT2D eigenvalue weighted by Crippen LogP contribution is -2.31. The van der Waals surface area contributed by atoms with Gasteiger partial charge in [0.1, 0.15) is 5.82 Å². The van der Waals surface area contributed by atoms with Gasteiger partial charge in [-0.1, -0.05) is 34.1 Å². The Bertz CT molecular complexity index is 807. The molecule has 2 rings (SSSR count). The van der Waals surface area contributed by atoms with Gasteiger partial charge in [-0.15, -0.1) is 0 Å². The van der Waals surface area contributed by atoms with Crippen molar-refractivity contribution in [1.29, 1.82) is 0 Å². The molecule has 0 spiro atoms. The third kappa shape index (κ3) is 5.13. The summed E-state index contributed by atoms with van der Waals surface area (Å²) in [5, 5.41) is 2.76. The van der Waals surface area contributed by atoms with E-state index >= 15 is 0 Å². The van der Waals surface area contributed by atoms with Gasteiger partial charge < -0.3 is 10.1 Å². The lowest BCUT2D eigenvalue weighted by Gasteiger charge is -2.16. The molecule has 0 saturated carbocycles. The summed E-state index contributed by atoms with van der Waals surface area (Å²) in [7, 11) is 0. The highest BCUT2D eigenvalue weighted by molar-refractivity contribution is 9.10. The minimum absolute atomic E-state index is 0.210. The van der Waals surface area contributed by atoms with Crippen LogP contribution < -0.4 is 5.32 Å². The van der Waals surface area contributed by atoms with E-state index in [1.54, 1.807) is 0 Å². The molecule has 2 aromatic carbocycles. The predicted octanol–water partition coefficient (Wildman–Crippen LogP) is 4.24. The molecule has 0 saturated heterocycles. The molecule has 6 heteroatoms. The molecule has 0 unspecified atom stereocenters. The van der Waals surface area contributed by atoms with Crippen LogP contribution >= 0.6 is 15.9 Å². The molecule has 0 aromatic heterocycles. The highest BCUT2D eigenvalue weighted by Gasteiger charge is 2.16. The second-order valence-corrected chi connectivity index (χ2v) is 6.75. The fourth-order valence-electron chi connectivity index (χ4n) is 2.26. The van der Waals surface area contributed by atoms with Crippen molar-refractivity contribution in [1.82, 2.24) is 5.32 Å². The molecule has 1 atom stereocenters. The summed E-state index contributed by atoms with van der Waals surface area (Å²) < 4.78 is 19.1. The number of nitrogens with one attached hydrogen (secondary N) is 1. The van der Waals surface area contributed by atoms with Gasteiger partial charge >= 0.3 is 5.97 Å². The minimum atomic E-state index is -0.876. The zero-order valence-electron chi connectivity index (χ0n) is 14.2. The van der Waals surface area contributed by atoms with Crippen LogP contribution in [-0.4, -0.2) is 18.5 Å². The average molecular weight is 408 g/mol. The van der Waals surface area contributed by atoms with E-state index in [9.17, 15) is 14.0 Å². The Balaban J connectivity index is 1.91. The smallest absolute Gasteiger partial charge is 0.341 e. The van der Waals surface area contributed by atoms with E-state index in [4.69, 9.17) is 4.74 Å². The second kappa shape index (κ2) is 8.25. The van der Waals surface area contributed by atoms with Crippen molar-refractivity contribution in [2.75, 3.05) is 6.61 Å². The molecule has 2 aromatic rings. The van der Waals surface area contributed by atoms with Gasteiger partial charge in [0.2, 0.25) is 0 Å². The number of hydrogen-bond acceptors (Lipinski definition) is 3. The maximum absolute atomic E-state index is 13.7. The molecule has 4 nitrogen and oxygen atoms in total. The maximum atomic E-state index is 13.7. The summed E-state index contributed by atoms with van der Waals surface area (Å²) in [5.41, 5.74) is 3.06. The molecule has 0 aliphatic rings. The van der Waals surface area contributed by atoms with E-state index in [0.717, 1.165) is 11.1 Å². The second-order valence-electron chi connectivity index (χ2n) is 5.83. The van der Waals surface area contributed by atoms with Gasteiger partial charge in [-0.25, -0.2) is 9.18 Å². The van der Waals surface area contributed by atoms with Gasteiger partial charge in [0.25, 0.3) is 5.91 Å². The Morgan fingerprint density at radius 3 is 2.52 bits per heavy atom. The average Bonchev–Trinajstić information content (AvgIpc) is 2.55. The van der Waals surface area contributed by atoms with Crippen LogP contribution in [0.15, 0.2) is 40.9 Å². The zero-order valence-corrected chi connectivity index (χ0v) is 15.8. The van der Waals surface area contributed by atoms with E-state index in [2.05, 4.69) is 21.2 Å². The Morgan fingerprint density at radius 1 is 1.16 bits per heavy atom. The lowest BCUT2D eigenvalue weighted by atomic mass is 10.0. The van der Waals surface area contributed by atoms with Crippen LogP contribution in [0.3, 0.4) is 0 Å². The van der Waals surface area contributed by atoms with Crippen LogP contribution in [0.2, 0.25) is 0 Å². The zero-order chi connectivity index (χ0) is 18.6. The first-order valence-corrected chi connectivity index (χ1v) is 8.56. The van der Waals surface area contributed by atoms with Gasteiger partial charge in [0.15, 0.2) is 6.61 Å². The Hall–Kier alpha value is -2.21. The minimum Gasteiger partial charge on any atom is -0.452 e. The van der Waals surface area contributed by atoms with Crippen molar-refractivity contribution in [2.24, 2.45) is 0 Å². The number of halogens is 2. The molecule has 0 aliphatic heterocycles. The summed E-state index contributed by atoms with van der Waals surface area (Å²) in [6.07, 6.45) is 0. The quantitative estimate of drug-likeness (QED) is 0.754. The third-order valence-electron chi connectivity index (χ3n) is 3.89. The number of esters is 1. The number of ether oxygens (including phenoxy) is 1. The summed E-state index contributed by atoms with van der Waals surface area (Å²) >= 11 is 3.11. The van der Waals surface area contributed by atoms with Crippen LogP contribution in [0.1, 0.15) is 40.0 Å². The van der Waals surface area contributed by atoms with Crippen molar-refractivity contribution in [3.05, 3.63) is 68.9 Å². The molecule has 0 heterocycles. The molecule has 1 amide bonds. The van der Waals surface area contributed by atoms with Gasteiger partial charge in [-0.3, -0.25) is 4.79 Å². The van der Waals surface area contributed by atoms with Crippen molar-refractivity contribution in [2.45, 2.75) is 26.8 Å². The van der Waals surface area contributed by atoms with Crippen LogP contribution in [0, 0.1) is 19.7 Å². The first kappa shape index (κ1) is 19.1. The summed E-state index contributed by atoms with van der Waals surface area (Å²) in [6.45, 7) is 5.40. The Labute approximate surface area is 154 Å². The van der Waals surface area contributed by atoms with Gasteiger partial charge in [-0.05, 0) is 55.7 Å². The van der Waals surface area contributed by atoms with Crippen LogP contribution in [0.25, 0.3) is 0 Å². The number of rotatable bonds is 5. The molecule has 0 radical (unpaired) electrons. The summed E-state index contributed by atoms with van der Waals surface area (Å²) in [6, 6.07) is 9.70. The predicted molar refractivity (Wildman–Crippen MR) is 96.9 cm³/mol. The van der Waals surface area contributed by atoms with Gasteiger partial charge in [-0.2, -0.15) is 0 Å². The number of hydrogen-bond donors (Lipinski definition) is 1. The molecule has 0 aliphatic carbocycles. The normalized spacial score (nSPS) is 11.7. The number of aryl methyl sites for hydroxylation is 2. The van der Waals surface area contributed by atoms with E-state index in [0.29, 0.717) is 4.47 Å². The molecule has 132 valence electrons. The van der Waals surface area contributed by atoms with Gasteiger partial charge in [0.05, 0.1) is 11.6 Å². The molecular weight excluding hydrogens is 389 g/mol. The SMILES string of the molecule is Cc1ccc([C@@H](C)NC(=O)COC(=O)c2ccc(Br)cc2F)cc1C.